The van der Waals surface area contributed by atoms with Crippen LogP contribution in [0.3, 0.4) is 0 Å². The van der Waals surface area contributed by atoms with Gasteiger partial charge in [0.25, 0.3) is 0 Å². The highest BCUT2D eigenvalue weighted by Gasteiger charge is 2.19. The van der Waals surface area contributed by atoms with Crippen LogP contribution in [0.15, 0.2) is 164 Å². The van der Waals surface area contributed by atoms with Crippen molar-refractivity contribution in [2.75, 3.05) is 0 Å². The first-order valence-corrected chi connectivity index (χ1v) is 16.3. The third kappa shape index (κ3) is 4.49. The van der Waals surface area contributed by atoms with Gasteiger partial charge in [-0.1, -0.05) is 127 Å². The van der Waals surface area contributed by atoms with Crippen molar-refractivity contribution < 1.29 is 0 Å². The Morgan fingerprint density at radius 2 is 1.06 bits per heavy atom. The number of hydrogen-bond acceptors (Lipinski definition) is 1. The van der Waals surface area contributed by atoms with E-state index in [4.69, 9.17) is 6.57 Å². The van der Waals surface area contributed by atoms with E-state index in [0.29, 0.717) is 11.3 Å². The maximum Gasteiger partial charge on any atom is 0.194 e. The molecule has 0 saturated heterocycles. The van der Waals surface area contributed by atoms with Gasteiger partial charge in [-0.15, -0.1) is 0 Å². The first kappa shape index (κ1) is 28.3. The van der Waals surface area contributed by atoms with E-state index in [1.54, 1.807) is 0 Å². The Balaban J connectivity index is 1.28. The highest BCUT2D eigenvalue weighted by atomic mass is 15.0. The molecule has 49 heavy (non-hydrogen) atoms. The number of rotatable bonds is 4. The van der Waals surface area contributed by atoms with E-state index in [9.17, 15) is 5.26 Å². The van der Waals surface area contributed by atoms with Gasteiger partial charge >= 0.3 is 0 Å². The number of fused-ring (bicyclic) bond motifs is 5. The molecule has 0 unspecified atom stereocenters. The molecule has 9 rings (SSSR count). The van der Waals surface area contributed by atoms with Gasteiger partial charge in [0.15, 0.2) is 5.69 Å². The molecule has 0 aliphatic heterocycles. The molecule has 0 radical (unpaired) electrons. The van der Waals surface area contributed by atoms with Gasteiger partial charge in [0.05, 0.1) is 29.2 Å². The minimum Gasteiger partial charge on any atom is -0.309 e. The number of aromatic nitrogens is 1. The Morgan fingerprint density at radius 3 is 1.76 bits per heavy atom. The third-order valence-corrected chi connectivity index (χ3v) is 9.62. The third-order valence-electron chi connectivity index (χ3n) is 9.62. The van der Waals surface area contributed by atoms with Gasteiger partial charge < -0.3 is 4.57 Å². The summed E-state index contributed by atoms with van der Waals surface area (Å²) in [5.41, 5.74) is 10.9. The minimum absolute atomic E-state index is 0.623. The number of nitrogens with zero attached hydrogens (tertiary/aromatic N) is 3. The molecule has 0 atom stereocenters. The lowest BCUT2D eigenvalue weighted by atomic mass is 9.85. The molecular weight excluding hydrogens is 595 g/mol. The van der Waals surface area contributed by atoms with Crippen molar-refractivity contribution in [2.45, 2.75) is 0 Å². The van der Waals surface area contributed by atoms with Gasteiger partial charge in [-0.2, -0.15) is 5.26 Å². The van der Waals surface area contributed by atoms with Crippen LogP contribution in [0.5, 0.6) is 0 Å². The lowest BCUT2D eigenvalue weighted by Crippen LogP contribution is -1.94. The average Bonchev–Trinajstić information content (AvgIpc) is 3.50. The summed E-state index contributed by atoms with van der Waals surface area (Å²) in [5.74, 6) is 0. The Kier molecular flexibility index (Phi) is 6.58. The maximum absolute atomic E-state index is 9.60. The van der Waals surface area contributed by atoms with Crippen molar-refractivity contribution in [1.82, 2.24) is 4.57 Å². The van der Waals surface area contributed by atoms with Crippen LogP contribution in [-0.2, 0) is 0 Å². The summed E-state index contributed by atoms with van der Waals surface area (Å²) < 4.78 is 2.27. The molecule has 0 aliphatic rings. The van der Waals surface area contributed by atoms with E-state index in [1.165, 1.54) is 11.1 Å². The summed E-state index contributed by atoms with van der Waals surface area (Å²) in [6.07, 6.45) is 0. The second kappa shape index (κ2) is 11.4. The molecule has 0 aliphatic carbocycles. The molecule has 0 fully saturated rings. The zero-order chi connectivity index (χ0) is 32.9. The van der Waals surface area contributed by atoms with Gasteiger partial charge in [-0.25, -0.2) is 4.85 Å². The SMILES string of the molecule is [C-]#[N+]c1ccc(-c2cccc(-n3c4ccccc4c4cc(C#N)ccc43)c2)cc1-c1c2ccccc2c(-c2ccccc2)c2ccccc12. The molecule has 9 aromatic rings. The number of hydrogen-bond donors (Lipinski definition) is 0. The van der Waals surface area contributed by atoms with Crippen LogP contribution < -0.4 is 0 Å². The molecule has 226 valence electrons. The van der Waals surface area contributed by atoms with Crippen LogP contribution in [0.25, 0.3) is 87.3 Å². The van der Waals surface area contributed by atoms with Crippen LogP contribution in [0, 0.1) is 17.9 Å². The highest BCUT2D eigenvalue weighted by molar-refractivity contribution is 6.22. The minimum atomic E-state index is 0.623. The zero-order valence-corrected chi connectivity index (χ0v) is 26.4. The van der Waals surface area contributed by atoms with Crippen LogP contribution in [0.2, 0.25) is 0 Å². The predicted octanol–water partition coefficient (Wildman–Crippen LogP) is 12.5. The average molecular weight is 622 g/mol. The topological polar surface area (TPSA) is 33.1 Å². The Labute approximate surface area is 284 Å². The Bertz CT molecular complexity index is 2790. The number of para-hydroxylation sites is 1. The second-order valence-corrected chi connectivity index (χ2v) is 12.3. The molecule has 8 aromatic carbocycles. The largest absolute Gasteiger partial charge is 0.309 e. The number of benzene rings is 8. The Morgan fingerprint density at radius 1 is 0.469 bits per heavy atom. The summed E-state index contributed by atoms with van der Waals surface area (Å²) in [7, 11) is 0. The molecule has 0 N–H and O–H groups in total. The molecule has 3 heteroatoms. The van der Waals surface area contributed by atoms with Gasteiger partial charge in [0.2, 0.25) is 0 Å². The monoisotopic (exact) mass is 621 g/mol. The summed E-state index contributed by atoms with van der Waals surface area (Å²) in [6, 6.07) is 59.0. The lowest BCUT2D eigenvalue weighted by Gasteiger charge is -2.19. The fourth-order valence-corrected chi connectivity index (χ4v) is 7.49. The molecule has 0 bridgehead atoms. The first-order chi connectivity index (χ1) is 24.2. The van der Waals surface area contributed by atoms with Crippen molar-refractivity contribution in [3.8, 4) is 45.1 Å². The Hall–Kier alpha value is -6.94. The summed E-state index contributed by atoms with van der Waals surface area (Å²) in [4.78, 5) is 4.04. The van der Waals surface area contributed by atoms with Crippen molar-refractivity contribution in [2.24, 2.45) is 0 Å². The van der Waals surface area contributed by atoms with Gasteiger partial charge in [-0.3, -0.25) is 0 Å². The van der Waals surface area contributed by atoms with Gasteiger partial charge in [0, 0.05) is 16.5 Å². The highest BCUT2D eigenvalue weighted by Crippen LogP contribution is 2.47. The number of nitriles is 1. The van der Waals surface area contributed by atoms with E-state index in [-0.39, 0.29) is 0 Å². The molecule has 1 heterocycles. The summed E-state index contributed by atoms with van der Waals surface area (Å²) in [5, 5.41) is 16.3. The fourth-order valence-electron chi connectivity index (χ4n) is 7.49. The first-order valence-electron chi connectivity index (χ1n) is 16.3. The summed E-state index contributed by atoms with van der Waals surface area (Å²) >= 11 is 0. The van der Waals surface area contributed by atoms with Crippen LogP contribution in [-0.4, -0.2) is 4.57 Å². The van der Waals surface area contributed by atoms with Crippen molar-refractivity contribution in [1.29, 1.82) is 5.26 Å². The van der Waals surface area contributed by atoms with Gasteiger partial charge in [-0.05, 0) is 91.3 Å². The van der Waals surface area contributed by atoms with E-state index >= 15 is 0 Å². The predicted molar refractivity (Wildman–Crippen MR) is 203 cm³/mol. The molecule has 1 aromatic heterocycles. The van der Waals surface area contributed by atoms with Crippen molar-refractivity contribution in [3.05, 3.63) is 181 Å². The van der Waals surface area contributed by atoms with Crippen LogP contribution >= 0.6 is 0 Å². The van der Waals surface area contributed by atoms with E-state index in [0.717, 1.165) is 71.3 Å². The quantitative estimate of drug-likeness (QED) is 0.142. The molecule has 0 amide bonds. The van der Waals surface area contributed by atoms with E-state index in [2.05, 4.69) is 149 Å². The fraction of sp³-hybridized carbons (Fsp3) is 0. The van der Waals surface area contributed by atoms with Gasteiger partial charge in [0.1, 0.15) is 0 Å². The van der Waals surface area contributed by atoms with Crippen molar-refractivity contribution >= 4 is 49.0 Å². The van der Waals surface area contributed by atoms with E-state index in [1.807, 2.05) is 30.3 Å². The zero-order valence-electron chi connectivity index (χ0n) is 26.4. The maximum atomic E-state index is 9.60. The van der Waals surface area contributed by atoms with Crippen molar-refractivity contribution in [3.63, 3.8) is 0 Å². The molecule has 0 saturated carbocycles. The molecule has 3 nitrogen and oxygen atoms in total. The standard InChI is InChI=1S/C46H27N3/c1-48-42-24-23-33(32-14-11-15-34(27-32)49-43-21-10-9-16-35(43)40-26-30(29-47)22-25-44(40)49)28-41(42)46-38-19-7-5-17-36(38)45(31-12-3-2-4-13-31)37-18-6-8-20-39(37)46/h2-28H. The summed E-state index contributed by atoms with van der Waals surface area (Å²) in [6.45, 7) is 8.21. The lowest BCUT2D eigenvalue weighted by molar-refractivity contribution is 1.18. The smallest absolute Gasteiger partial charge is 0.194 e. The molecule has 0 spiro atoms. The second-order valence-electron chi connectivity index (χ2n) is 12.3. The normalized spacial score (nSPS) is 11.2. The van der Waals surface area contributed by atoms with Crippen LogP contribution in [0.1, 0.15) is 5.56 Å². The van der Waals surface area contributed by atoms with E-state index < -0.39 is 0 Å². The van der Waals surface area contributed by atoms with Crippen LogP contribution in [0.4, 0.5) is 5.69 Å². The molecular formula is C46H27N3.